The molecule has 0 aliphatic heterocycles. The largest absolute Gasteiger partial charge is 0.455 e. The molecule has 2 heteroatoms. The molecule has 0 fully saturated rings. The highest BCUT2D eigenvalue weighted by atomic mass is 16.3. The molecule has 1 heterocycles. The van der Waals surface area contributed by atoms with Crippen LogP contribution in [0.4, 0.5) is 17.1 Å². The minimum Gasteiger partial charge on any atom is -0.455 e. The van der Waals surface area contributed by atoms with E-state index in [4.69, 9.17) is 4.42 Å². The molecule has 0 saturated carbocycles. The van der Waals surface area contributed by atoms with Crippen molar-refractivity contribution >= 4 is 39.0 Å². The Kier molecular flexibility index (Phi) is 9.77. The molecule has 0 unspecified atom stereocenters. The lowest BCUT2D eigenvalue weighted by molar-refractivity contribution is 0.670. The van der Waals surface area contributed by atoms with Gasteiger partial charge < -0.3 is 9.32 Å². The molecule has 1 aliphatic carbocycles. The number of hydrogen-bond donors (Lipinski definition) is 0. The van der Waals surface area contributed by atoms with Crippen molar-refractivity contribution in [2.24, 2.45) is 0 Å². The summed E-state index contributed by atoms with van der Waals surface area (Å²) in [4.78, 5) is 2.46. The van der Waals surface area contributed by atoms with Gasteiger partial charge in [0.25, 0.3) is 0 Å². The van der Waals surface area contributed by atoms with Crippen LogP contribution < -0.4 is 4.90 Å². The van der Waals surface area contributed by atoms with E-state index in [2.05, 4.69) is 272 Å². The molecule has 1 aromatic heterocycles. The van der Waals surface area contributed by atoms with Gasteiger partial charge in [0.15, 0.2) is 0 Å². The first-order chi connectivity index (χ1) is 34.2. The van der Waals surface area contributed by atoms with E-state index in [1.54, 1.807) is 0 Å². The predicted molar refractivity (Wildman–Crippen MR) is 287 cm³/mol. The Morgan fingerprint density at radius 3 is 1.49 bits per heavy atom. The SMILES string of the molecule is c1ccc(-c2ccc(-c3cc(-c4ccccc4)ccc3N(c3ccc(-c4cccc5c4oc4ccccc45)cc3)c3ccc4c(c3)C(c3ccccc3)(c3ccccc3)c3ccccc3-4)cc2)cc1. The summed E-state index contributed by atoms with van der Waals surface area (Å²) in [5, 5.41) is 2.25. The summed E-state index contributed by atoms with van der Waals surface area (Å²) in [5.74, 6) is 0. The first-order valence-corrected chi connectivity index (χ1v) is 23.7. The standard InChI is InChI=1S/C67H45NO/c1-5-18-46(19-6-1)48-32-34-50(35-33-48)61-44-51(47-20-7-2-8-21-47)38-43-64(61)68(54-39-36-49(37-40-54)56-28-17-29-60-59-27-14-16-31-65(59)69-66(56)60)55-41-42-58-57-26-13-15-30-62(57)67(63(58)45-55,52-22-9-3-10-23-52)53-24-11-4-12-25-53/h1-45H. The lowest BCUT2D eigenvalue weighted by atomic mass is 9.67. The summed E-state index contributed by atoms with van der Waals surface area (Å²) in [6, 6.07) is 99.4. The Balaban J connectivity index is 1.05. The van der Waals surface area contributed by atoms with Crippen LogP contribution in [0.5, 0.6) is 0 Å². The molecule has 0 atom stereocenters. The average Bonchev–Trinajstić information content (AvgIpc) is 3.96. The number of para-hydroxylation sites is 2. The van der Waals surface area contributed by atoms with Gasteiger partial charge >= 0.3 is 0 Å². The normalized spacial score (nSPS) is 12.5. The second kappa shape index (κ2) is 16.7. The van der Waals surface area contributed by atoms with Crippen LogP contribution in [-0.2, 0) is 5.41 Å². The third-order valence-electron chi connectivity index (χ3n) is 14.2. The quantitative estimate of drug-likeness (QED) is 0.144. The molecule has 0 N–H and O–H groups in total. The zero-order valence-corrected chi connectivity index (χ0v) is 37.8. The summed E-state index contributed by atoms with van der Waals surface area (Å²) >= 11 is 0. The number of fused-ring (bicyclic) bond motifs is 6. The highest BCUT2D eigenvalue weighted by Crippen LogP contribution is 2.57. The first kappa shape index (κ1) is 40.3. The number of rotatable bonds is 9. The van der Waals surface area contributed by atoms with Gasteiger partial charge in [-0.1, -0.05) is 231 Å². The van der Waals surface area contributed by atoms with Gasteiger partial charge in [-0.05, 0) is 109 Å². The van der Waals surface area contributed by atoms with Gasteiger partial charge in [-0.15, -0.1) is 0 Å². The van der Waals surface area contributed by atoms with Crippen LogP contribution in [0.15, 0.2) is 277 Å². The maximum Gasteiger partial charge on any atom is 0.143 e. The lowest BCUT2D eigenvalue weighted by Gasteiger charge is -2.35. The number of furan rings is 1. The van der Waals surface area contributed by atoms with E-state index in [-0.39, 0.29) is 0 Å². The van der Waals surface area contributed by atoms with E-state index in [1.165, 1.54) is 50.1 Å². The van der Waals surface area contributed by atoms with Crippen molar-refractivity contribution in [1.29, 1.82) is 0 Å². The Hall–Kier alpha value is -8.98. The van der Waals surface area contributed by atoms with Crippen LogP contribution >= 0.6 is 0 Å². The van der Waals surface area contributed by atoms with E-state index < -0.39 is 5.41 Å². The Morgan fingerprint density at radius 1 is 0.290 bits per heavy atom. The second-order valence-electron chi connectivity index (χ2n) is 18.0. The molecule has 0 amide bonds. The Morgan fingerprint density at radius 2 is 0.783 bits per heavy atom. The van der Waals surface area contributed by atoms with E-state index in [0.29, 0.717) is 0 Å². The van der Waals surface area contributed by atoms with Crippen LogP contribution in [-0.4, -0.2) is 0 Å². The Bertz CT molecular complexity index is 3760. The summed E-state index contributed by atoms with van der Waals surface area (Å²) in [7, 11) is 0. The molecule has 13 rings (SSSR count). The number of benzene rings is 11. The van der Waals surface area contributed by atoms with E-state index >= 15 is 0 Å². The van der Waals surface area contributed by atoms with Crippen LogP contribution in [0, 0.1) is 0 Å². The van der Waals surface area contributed by atoms with Gasteiger partial charge in [-0.2, -0.15) is 0 Å². The average molecular weight is 880 g/mol. The molecular formula is C67H45NO. The fourth-order valence-electron chi connectivity index (χ4n) is 11.0. The fraction of sp³-hybridized carbons (Fsp3) is 0.0149. The van der Waals surface area contributed by atoms with Crippen molar-refractivity contribution < 1.29 is 4.42 Å². The topological polar surface area (TPSA) is 16.4 Å². The van der Waals surface area contributed by atoms with Crippen LogP contribution in [0.1, 0.15) is 22.3 Å². The van der Waals surface area contributed by atoms with Crippen LogP contribution in [0.2, 0.25) is 0 Å². The van der Waals surface area contributed by atoms with E-state index in [9.17, 15) is 0 Å². The van der Waals surface area contributed by atoms with Crippen molar-refractivity contribution in [1.82, 2.24) is 0 Å². The Labute approximate surface area is 402 Å². The zero-order chi connectivity index (χ0) is 45.7. The third kappa shape index (κ3) is 6.72. The van der Waals surface area contributed by atoms with Crippen LogP contribution in [0.25, 0.3) is 77.6 Å². The molecular weight excluding hydrogens is 835 g/mol. The molecule has 0 spiro atoms. The minimum atomic E-state index is -0.557. The molecule has 2 nitrogen and oxygen atoms in total. The molecule has 0 saturated heterocycles. The smallest absolute Gasteiger partial charge is 0.143 e. The van der Waals surface area contributed by atoms with E-state index in [1.807, 2.05) is 6.07 Å². The fourth-order valence-corrected chi connectivity index (χ4v) is 11.0. The summed E-state index contributed by atoms with van der Waals surface area (Å²) < 4.78 is 6.55. The lowest BCUT2D eigenvalue weighted by Crippen LogP contribution is -2.28. The highest BCUT2D eigenvalue weighted by molar-refractivity contribution is 6.09. The van der Waals surface area contributed by atoms with Crippen LogP contribution in [0.3, 0.4) is 0 Å². The molecule has 324 valence electrons. The van der Waals surface area contributed by atoms with Crippen molar-refractivity contribution in [3.8, 4) is 55.6 Å². The molecule has 12 aromatic rings. The van der Waals surface area contributed by atoms with Gasteiger partial charge in [0.2, 0.25) is 0 Å². The van der Waals surface area contributed by atoms with Crippen molar-refractivity contribution in [3.05, 3.63) is 295 Å². The first-order valence-electron chi connectivity index (χ1n) is 23.7. The highest BCUT2D eigenvalue weighted by Gasteiger charge is 2.46. The van der Waals surface area contributed by atoms with Crippen molar-refractivity contribution in [2.75, 3.05) is 4.90 Å². The molecule has 0 radical (unpaired) electrons. The molecule has 1 aliphatic rings. The monoisotopic (exact) mass is 879 g/mol. The molecule has 11 aromatic carbocycles. The van der Waals surface area contributed by atoms with Gasteiger partial charge in [-0.3, -0.25) is 0 Å². The third-order valence-corrected chi connectivity index (χ3v) is 14.2. The van der Waals surface area contributed by atoms with E-state index in [0.717, 1.165) is 66.8 Å². The maximum atomic E-state index is 6.55. The minimum absolute atomic E-state index is 0.557. The van der Waals surface area contributed by atoms with Gasteiger partial charge in [0, 0.05) is 33.3 Å². The maximum absolute atomic E-state index is 6.55. The number of nitrogens with zero attached hydrogens (tertiary/aromatic N) is 1. The van der Waals surface area contributed by atoms with Gasteiger partial charge in [0.05, 0.1) is 11.1 Å². The van der Waals surface area contributed by atoms with Crippen molar-refractivity contribution in [2.45, 2.75) is 5.41 Å². The number of anilines is 3. The predicted octanol–water partition coefficient (Wildman–Crippen LogP) is 18.1. The van der Waals surface area contributed by atoms with Crippen molar-refractivity contribution in [3.63, 3.8) is 0 Å². The summed E-state index contributed by atoms with van der Waals surface area (Å²) in [6.45, 7) is 0. The van der Waals surface area contributed by atoms with Gasteiger partial charge in [0.1, 0.15) is 11.2 Å². The molecule has 0 bridgehead atoms. The second-order valence-corrected chi connectivity index (χ2v) is 18.0. The van der Waals surface area contributed by atoms with Gasteiger partial charge in [-0.25, -0.2) is 0 Å². The summed E-state index contributed by atoms with van der Waals surface area (Å²) in [6.07, 6.45) is 0. The number of hydrogen-bond acceptors (Lipinski definition) is 2. The zero-order valence-electron chi connectivity index (χ0n) is 37.8. The summed E-state index contributed by atoms with van der Waals surface area (Å²) in [5.41, 5.74) is 21.1. The molecule has 69 heavy (non-hydrogen) atoms.